The van der Waals surface area contributed by atoms with Crippen LogP contribution in [-0.4, -0.2) is 24.2 Å². The van der Waals surface area contributed by atoms with E-state index in [4.69, 9.17) is 5.11 Å². The maximum absolute atomic E-state index is 12.9. The Morgan fingerprint density at radius 1 is 1.38 bits per heavy atom. The minimum Gasteiger partial charge on any atom is -0.478 e. The number of ether oxygens (including phenoxy) is 1. The number of carboxylic acid groups (broad SMARTS) is 1. The van der Waals surface area contributed by atoms with Crippen molar-refractivity contribution in [1.82, 2.24) is 0 Å². The summed E-state index contributed by atoms with van der Waals surface area (Å²) in [5.74, 6) is 1.61. The summed E-state index contributed by atoms with van der Waals surface area (Å²) in [5.41, 5.74) is -0.128. The number of carboxylic acids is 1. The molecule has 0 aromatic heterocycles. The first-order chi connectivity index (χ1) is 7.52. The predicted molar refractivity (Wildman–Crippen MR) is 52.3 cm³/mol. The molecule has 0 radical (unpaired) electrons. The van der Waals surface area contributed by atoms with Crippen LogP contribution < -0.4 is 0 Å². The van der Waals surface area contributed by atoms with E-state index < -0.39 is 17.8 Å². The normalized spacial score (nSPS) is 8.88. The molecule has 0 aliphatic rings. The third-order valence-electron chi connectivity index (χ3n) is 1.64. The zero-order valence-electron chi connectivity index (χ0n) is 8.28. The maximum atomic E-state index is 12.9. The number of esters is 1. The molecule has 0 bridgehead atoms. The van der Waals surface area contributed by atoms with Crippen molar-refractivity contribution in [2.45, 2.75) is 0 Å². The van der Waals surface area contributed by atoms with E-state index in [0.717, 1.165) is 19.2 Å². The van der Waals surface area contributed by atoms with Crippen LogP contribution in [0.15, 0.2) is 18.2 Å². The van der Waals surface area contributed by atoms with Crippen LogP contribution in [0.25, 0.3) is 0 Å². The Hall–Kier alpha value is -2.35. The van der Waals surface area contributed by atoms with E-state index in [-0.39, 0.29) is 11.1 Å². The number of rotatable bonds is 1. The fourth-order valence-corrected chi connectivity index (χ4v) is 0.960. The molecule has 0 heterocycles. The number of methoxy groups -OCH3 is 1. The minimum absolute atomic E-state index is 0.0998. The Balaban J connectivity index is 3.09. The molecule has 0 saturated carbocycles. The third-order valence-corrected chi connectivity index (χ3v) is 1.64. The van der Waals surface area contributed by atoms with Crippen LogP contribution in [0.5, 0.6) is 0 Å². The van der Waals surface area contributed by atoms with E-state index in [1.807, 2.05) is 0 Å². The van der Waals surface area contributed by atoms with E-state index >= 15 is 0 Å². The molecular formula is C11H7FO4. The Bertz CT molecular complexity index is 496. The van der Waals surface area contributed by atoms with Crippen LogP contribution in [0.1, 0.15) is 15.9 Å². The molecule has 0 fully saturated rings. The summed E-state index contributed by atoms with van der Waals surface area (Å²) in [6.45, 7) is 0. The first-order valence-corrected chi connectivity index (χ1v) is 4.17. The van der Waals surface area contributed by atoms with E-state index in [0.29, 0.717) is 0 Å². The fraction of sp³-hybridized carbons (Fsp3) is 0.0909. The van der Waals surface area contributed by atoms with Gasteiger partial charge in [-0.05, 0) is 18.2 Å². The SMILES string of the molecule is COC(=O)C#Cc1cc(F)cc(C(=O)O)c1. The molecule has 0 atom stereocenters. The van der Waals surface area contributed by atoms with Crippen molar-refractivity contribution in [3.63, 3.8) is 0 Å². The molecule has 1 aromatic rings. The Labute approximate surface area is 90.7 Å². The monoisotopic (exact) mass is 222 g/mol. The zero-order valence-corrected chi connectivity index (χ0v) is 8.28. The maximum Gasteiger partial charge on any atom is 0.384 e. The Morgan fingerprint density at radius 3 is 2.62 bits per heavy atom. The van der Waals surface area contributed by atoms with Crippen LogP contribution in [0.2, 0.25) is 0 Å². The molecule has 5 heteroatoms. The van der Waals surface area contributed by atoms with E-state index in [9.17, 15) is 14.0 Å². The summed E-state index contributed by atoms with van der Waals surface area (Å²) in [6.07, 6.45) is 0. The number of carbonyl (C=O) groups is 2. The van der Waals surface area contributed by atoms with E-state index in [1.165, 1.54) is 6.07 Å². The van der Waals surface area contributed by atoms with Crippen molar-refractivity contribution in [2.24, 2.45) is 0 Å². The second-order valence-electron chi connectivity index (χ2n) is 2.78. The van der Waals surface area contributed by atoms with Gasteiger partial charge in [-0.1, -0.05) is 5.92 Å². The van der Waals surface area contributed by atoms with Gasteiger partial charge >= 0.3 is 11.9 Å². The molecule has 4 nitrogen and oxygen atoms in total. The molecule has 1 N–H and O–H groups in total. The fourth-order valence-electron chi connectivity index (χ4n) is 0.960. The quantitative estimate of drug-likeness (QED) is 0.569. The highest BCUT2D eigenvalue weighted by Crippen LogP contribution is 2.08. The number of aromatic carboxylic acids is 1. The second kappa shape index (κ2) is 4.94. The zero-order chi connectivity index (χ0) is 12.1. The van der Waals surface area contributed by atoms with Gasteiger partial charge in [0.25, 0.3) is 0 Å². The van der Waals surface area contributed by atoms with Gasteiger partial charge in [0.05, 0.1) is 12.7 Å². The summed E-state index contributed by atoms with van der Waals surface area (Å²) >= 11 is 0. The van der Waals surface area contributed by atoms with Gasteiger partial charge in [0.1, 0.15) is 5.82 Å². The van der Waals surface area contributed by atoms with Gasteiger partial charge in [-0.15, -0.1) is 0 Å². The van der Waals surface area contributed by atoms with Crippen molar-refractivity contribution >= 4 is 11.9 Å². The Morgan fingerprint density at radius 2 is 2.06 bits per heavy atom. The molecule has 16 heavy (non-hydrogen) atoms. The van der Waals surface area contributed by atoms with Gasteiger partial charge in [0, 0.05) is 11.5 Å². The topological polar surface area (TPSA) is 63.6 Å². The lowest BCUT2D eigenvalue weighted by Crippen LogP contribution is -1.98. The average molecular weight is 222 g/mol. The standard InChI is InChI=1S/C11H7FO4/c1-16-10(13)3-2-7-4-8(11(14)15)6-9(12)5-7/h4-6H,1H3,(H,14,15). The first kappa shape index (κ1) is 11.7. The van der Waals surface area contributed by atoms with Crippen LogP contribution in [0.4, 0.5) is 4.39 Å². The van der Waals surface area contributed by atoms with Crippen LogP contribution in [0, 0.1) is 17.7 Å². The molecule has 0 spiro atoms. The van der Waals surface area contributed by atoms with Crippen molar-refractivity contribution in [2.75, 3.05) is 7.11 Å². The number of hydrogen-bond acceptors (Lipinski definition) is 3. The minimum atomic E-state index is -1.26. The van der Waals surface area contributed by atoms with Crippen molar-refractivity contribution in [3.05, 3.63) is 35.1 Å². The molecule has 0 saturated heterocycles. The largest absolute Gasteiger partial charge is 0.478 e. The number of carbonyl (C=O) groups excluding carboxylic acids is 1. The summed E-state index contributed by atoms with van der Waals surface area (Å²) in [7, 11) is 1.16. The lowest BCUT2D eigenvalue weighted by atomic mass is 10.1. The molecular weight excluding hydrogens is 215 g/mol. The van der Waals surface area contributed by atoms with Gasteiger partial charge in [-0.3, -0.25) is 0 Å². The lowest BCUT2D eigenvalue weighted by molar-refractivity contribution is -0.133. The highest BCUT2D eigenvalue weighted by molar-refractivity contribution is 5.90. The van der Waals surface area contributed by atoms with Crippen molar-refractivity contribution < 1.29 is 23.8 Å². The highest BCUT2D eigenvalue weighted by atomic mass is 19.1. The number of benzene rings is 1. The first-order valence-electron chi connectivity index (χ1n) is 4.17. The molecule has 0 aliphatic carbocycles. The number of hydrogen-bond donors (Lipinski definition) is 1. The predicted octanol–water partition coefficient (Wildman–Crippen LogP) is 1.05. The van der Waals surface area contributed by atoms with Gasteiger partial charge < -0.3 is 9.84 Å². The summed E-state index contributed by atoms with van der Waals surface area (Å²) in [6, 6.07) is 3.06. The molecule has 0 aliphatic heterocycles. The van der Waals surface area contributed by atoms with Gasteiger partial charge in [0.15, 0.2) is 0 Å². The van der Waals surface area contributed by atoms with Crippen LogP contribution in [-0.2, 0) is 9.53 Å². The summed E-state index contributed by atoms with van der Waals surface area (Å²) < 4.78 is 17.2. The lowest BCUT2D eigenvalue weighted by Gasteiger charge is -1.96. The van der Waals surface area contributed by atoms with Gasteiger partial charge in [0.2, 0.25) is 0 Å². The van der Waals surface area contributed by atoms with E-state index in [1.54, 1.807) is 0 Å². The third kappa shape index (κ3) is 3.10. The molecule has 1 rings (SSSR count). The average Bonchev–Trinajstić information content (AvgIpc) is 2.25. The Kier molecular flexibility index (Phi) is 3.62. The molecule has 0 amide bonds. The van der Waals surface area contributed by atoms with Crippen molar-refractivity contribution in [1.29, 1.82) is 0 Å². The second-order valence-corrected chi connectivity index (χ2v) is 2.78. The highest BCUT2D eigenvalue weighted by Gasteiger charge is 2.05. The molecule has 0 unspecified atom stereocenters. The number of halogens is 1. The molecule has 1 aromatic carbocycles. The van der Waals surface area contributed by atoms with Gasteiger partial charge in [-0.25, -0.2) is 14.0 Å². The summed E-state index contributed by atoms with van der Waals surface area (Å²) in [4.78, 5) is 21.3. The van der Waals surface area contributed by atoms with Crippen LogP contribution in [0.3, 0.4) is 0 Å². The van der Waals surface area contributed by atoms with Crippen molar-refractivity contribution in [3.8, 4) is 11.8 Å². The van der Waals surface area contributed by atoms with E-state index in [2.05, 4.69) is 16.6 Å². The van der Waals surface area contributed by atoms with Gasteiger partial charge in [-0.2, -0.15) is 0 Å². The smallest absolute Gasteiger partial charge is 0.384 e. The van der Waals surface area contributed by atoms with Crippen LogP contribution >= 0.6 is 0 Å². The molecule has 82 valence electrons. The summed E-state index contributed by atoms with van der Waals surface area (Å²) in [5, 5.41) is 8.65.